The fraction of sp³-hybridized carbons (Fsp3) is 0.533. The summed E-state index contributed by atoms with van der Waals surface area (Å²) in [5.41, 5.74) is 2.06. The average molecular weight is 260 g/mol. The molecule has 0 spiro atoms. The number of aromatic amines is 1. The summed E-state index contributed by atoms with van der Waals surface area (Å²) in [4.78, 5) is 8.01. The van der Waals surface area contributed by atoms with E-state index in [0.29, 0.717) is 12.0 Å². The average Bonchev–Trinajstić information content (AvgIpc) is 2.77. The van der Waals surface area contributed by atoms with Crippen molar-refractivity contribution in [2.75, 3.05) is 13.7 Å². The van der Waals surface area contributed by atoms with Crippen LogP contribution >= 0.6 is 0 Å². The lowest BCUT2D eigenvalue weighted by Crippen LogP contribution is -2.32. The fourth-order valence-corrected chi connectivity index (χ4v) is 2.75. The van der Waals surface area contributed by atoms with Gasteiger partial charge in [0.2, 0.25) is 0 Å². The molecule has 1 aliphatic carbocycles. The molecule has 0 aliphatic heterocycles. The Bertz CT molecular complexity index is 558. The molecule has 0 saturated heterocycles. The van der Waals surface area contributed by atoms with Gasteiger partial charge in [-0.3, -0.25) is 0 Å². The minimum atomic E-state index is 0.472. The minimum Gasteiger partial charge on any atom is -0.497 e. The lowest BCUT2D eigenvalue weighted by atomic mass is 9.80. The topological polar surface area (TPSA) is 47.1 Å². The van der Waals surface area contributed by atoms with Crippen LogP contribution in [0.5, 0.6) is 5.75 Å². The number of hydrogen-bond acceptors (Lipinski definition) is 3. The van der Waals surface area contributed by atoms with Crippen LogP contribution in [0.2, 0.25) is 0 Å². The summed E-state index contributed by atoms with van der Waals surface area (Å²) >= 11 is 0. The molecule has 1 saturated carbocycles. The third kappa shape index (κ3) is 2.59. The van der Waals surface area contributed by atoms with Gasteiger partial charge in [0.05, 0.1) is 24.2 Å². The van der Waals surface area contributed by atoms with E-state index in [4.69, 9.17) is 9.47 Å². The van der Waals surface area contributed by atoms with Crippen LogP contribution in [0.1, 0.15) is 25.6 Å². The highest BCUT2D eigenvalue weighted by molar-refractivity contribution is 5.76. The van der Waals surface area contributed by atoms with Crippen LogP contribution in [-0.2, 0) is 11.2 Å². The van der Waals surface area contributed by atoms with Gasteiger partial charge in [-0.05, 0) is 37.8 Å². The molecular formula is C15H20N2O2. The highest BCUT2D eigenvalue weighted by Crippen LogP contribution is 2.32. The van der Waals surface area contributed by atoms with Crippen molar-refractivity contribution in [2.45, 2.75) is 32.3 Å². The molecule has 19 heavy (non-hydrogen) atoms. The van der Waals surface area contributed by atoms with E-state index in [9.17, 15) is 0 Å². The van der Waals surface area contributed by atoms with E-state index in [2.05, 4.69) is 16.9 Å². The smallest absolute Gasteiger partial charge is 0.121 e. The van der Waals surface area contributed by atoms with Crippen molar-refractivity contribution in [3.05, 3.63) is 24.0 Å². The Kier molecular flexibility index (Phi) is 3.42. The van der Waals surface area contributed by atoms with Gasteiger partial charge in [0.25, 0.3) is 0 Å². The lowest BCUT2D eigenvalue weighted by molar-refractivity contribution is -0.0244. The van der Waals surface area contributed by atoms with Crippen molar-refractivity contribution in [3.63, 3.8) is 0 Å². The SMILES string of the molecule is CCOC1CC(Cc2nc3ccc(OC)cc3[nH]2)C1. The zero-order valence-corrected chi connectivity index (χ0v) is 11.5. The predicted octanol–water partition coefficient (Wildman–Crippen LogP) is 2.93. The first-order valence-corrected chi connectivity index (χ1v) is 6.92. The van der Waals surface area contributed by atoms with E-state index in [1.54, 1.807) is 7.11 Å². The maximum absolute atomic E-state index is 5.59. The highest BCUT2D eigenvalue weighted by Gasteiger charge is 2.30. The van der Waals surface area contributed by atoms with Crippen LogP contribution in [0, 0.1) is 5.92 Å². The summed E-state index contributed by atoms with van der Waals surface area (Å²) in [6, 6.07) is 5.94. The molecule has 1 N–H and O–H groups in total. The summed E-state index contributed by atoms with van der Waals surface area (Å²) in [5.74, 6) is 2.64. The molecule has 3 rings (SSSR count). The Balaban J connectivity index is 1.66. The van der Waals surface area contributed by atoms with Gasteiger partial charge >= 0.3 is 0 Å². The van der Waals surface area contributed by atoms with Crippen LogP contribution in [0.3, 0.4) is 0 Å². The standard InChI is InChI=1S/C15H20N2O2/c1-3-19-12-6-10(7-12)8-15-16-13-5-4-11(18-2)9-14(13)17-15/h4-5,9-10,12H,3,6-8H2,1-2H3,(H,16,17). The first kappa shape index (κ1) is 12.5. The van der Waals surface area contributed by atoms with Crippen LogP contribution in [0.4, 0.5) is 0 Å². The zero-order chi connectivity index (χ0) is 13.2. The highest BCUT2D eigenvalue weighted by atomic mass is 16.5. The Morgan fingerprint density at radius 1 is 1.37 bits per heavy atom. The largest absolute Gasteiger partial charge is 0.497 e. The summed E-state index contributed by atoms with van der Waals surface area (Å²) < 4.78 is 10.8. The Hall–Kier alpha value is -1.55. The van der Waals surface area contributed by atoms with Gasteiger partial charge in [0.1, 0.15) is 11.6 Å². The van der Waals surface area contributed by atoms with Crippen LogP contribution in [0.15, 0.2) is 18.2 Å². The maximum atomic E-state index is 5.59. The van der Waals surface area contributed by atoms with Gasteiger partial charge in [0, 0.05) is 19.1 Å². The molecule has 1 heterocycles. The predicted molar refractivity (Wildman–Crippen MR) is 74.5 cm³/mol. The first-order valence-electron chi connectivity index (χ1n) is 6.92. The van der Waals surface area contributed by atoms with Gasteiger partial charge in [-0.25, -0.2) is 4.98 Å². The number of H-pyrrole nitrogens is 1. The van der Waals surface area contributed by atoms with Crippen LogP contribution in [0.25, 0.3) is 11.0 Å². The van der Waals surface area contributed by atoms with E-state index >= 15 is 0 Å². The van der Waals surface area contributed by atoms with Crippen molar-refractivity contribution in [1.29, 1.82) is 0 Å². The third-order valence-electron chi connectivity index (χ3n) is 3.81. The number of aromatic nitrogens is 2. The van der Waals surface area contributed by atoms with Crippen molar-refractivity contribution < 1.29 is 9.47 Å². The fourth-order valence-electron chi connectivity index (χ4n) is 2.75. The summed E-state index contributed by atoms with van der Waals surface area (Å²) in [7, 11) is 1.68. The minimum absolute atomic E-state index is 0.472. The first-order chi connectivity index (χ1) is 9.28. The number of benzene rings is 1. The molecule has 0 bridgehead atoms. The monoisotopic (exact) mass is 260 g/mol. The number of hydrogen-bond donors (Lipinski definition) is 1. The van der Waals surface area contributed by atoms with Crippen LogP contribution in [-0.4, -0.2) is 29.8 Å². The molecule has 1 aromatic carbocycles. The third-order valence-corrected chi connectivity index (χ3v) is 3.81. The Labute approximate surface area is 113 Å². The maximum Gasteiger partial charge on any atom is 0.121 e. The molecule has 0 amide bonds. The number of ether oxygens (including phenoxy) is 2. The van der Waals surface area contributed by atoms with E-state index in [0.717, 1.165) is 48.5 Å². The normalized spacial score (nSPS) is 22.4. The van der Waals surface area contributed by atoms with Gasteiger partial charge in [0.15, 0.2) is 0 Å². The van der Waals surface area contributed by atoms with Gasteiger partial charge in [-0.2, -0.15) is 0 Å². The second kappa shape index (κ2) is 5.21. The molecule has 1 aromatic heterocycles. The molecule has 4 nitrogen and oxygen atoms in total. The second-order valence-electron chi connectivity index (χ2n) is 5.19. The molecule has 102 valence electrons. The van der Waals surface area contributed by atoms with Crippen LogP contribution < -0.4 is 4.74 Å². The van der Waals surface area contributed by atoms with Crippen molar-refractivity contribution >= 4 is 11.0 Å². The van der Waals surface area contributed by atoms with Gasteiger partial charge in [-0.1, -0.05) is 0 Å². The van der Waals surface area contributed by atoms with Gasteiger partial charge in [-0.15, -0.1) is 0 Å². The van der Waals surface area contributed by atoms with E-state index in [1.807, 2.05) is 18.2 Å². The molecule has 1 fully saturated rings. The summed E-state index contributed by atoms with van der Waals surface area (Å²) in [6.45, 7) is 2.88. The summed E-state index contributed by atoms with van der Waals surface area (Å²) in [6.07, 6.45) is 3.81. The lowest BCUT2D eigenvalue weighted by Gasteiger charge is -2.34. The van der Waals surface area contributed by atoms with Crippen molar-refractivity contribution in [1.82, 2.24) is 9.97 Å². The number of rotatable bonds is 5. The van der Waals surface area contributed by atoms with E-state index in [-0.39, 0.29) is 0 Å². The zero-order valence-electron chi connectivity index (χ0n) is 11.5. The van der Waals surface area contributed by atoms with Crippen molar-refractivity contribution in [3.8, 4) is 5.75 Å². The van der Waals surface area contributed by atoms with Gasteiger partial charge < -0.3 is 14.5 Å². The van der Waals surface area contributed by atoms with E-state index < -0.39 is 0 Å². The van der Waals surface area contributed by atoms with Crippen molar-refractivity contribution in [2.24, 2.45) is 5.92 Å². The molecule has 2 aromatic rings. The summed E-state index contributed by atoms with van der Waals surface area (Å²) in [5, 5.41) is 0. The molecule has 0 unspecified atom stereocenters. The number of nitrogens with one attached hydrogen (secondary N) is 1. The molecule has 4 heteroatoms. The molecule has 0 atom stereocenters. The molecule has 0 radical (unpaired) electrons. The second-order valence-corrected chi connectivity index (χ2v) is 5.19. The Morgan fingerprint density at radius 3 is 2.95 bits per heavy atom. The number of fused-ring (bicyclic) bond motifs is 1. The Morgan fingerprint density at radius 2 is 2.21 bits per heavy atom. The number of methoxy groups -OCH3 is 1. The molecular weight excluding hydrogens is 240 g/mol. The number of imidazole rings is 1. The molecule has 1 aliphatic rings. The van der Waals surface area contributed by atoms with E-state index in [1.165, 1.54) is 0 Å². The quantitative estimate of drug-likeness (QED) is 0.899. The number of nitrogens with zero attached hydrogens (tertiary/aromatic N) is 1.